The Morgan fingerprint density at radius 3 is 2.52 bits per heavy atom. The molecule has 1 aliphatic rings. The lowest BCUT2D eigenvalue weighted by atomic mass is 9.98. The van der Waals surface area contributed by atoms with Crippen molar-refractivity contribution in [3.8, 4) is 6.07 Å². The summed E-state index contributed by atoms with van der Waals surface area (Å²) in [4.78, 5) is 30.8. The van der Waals surface area contributed by atoms with Crippen LogP contribution < -0.4 is 9.62 Å². The number of amides is 1. The summed E-state index contributed by atoms with van der Waals surface area (Å²) < 4.78 is 31.8. The van der Waals surface area contributed by atoms with Crippen molar-refractivity contribution in [2.45, 2.75) is 26.0 Å². The van der Waals surface area contributed by atoms with Crippen molar-refractivity contribution in [3.63, 3.8) is 0 Å². The van der Waals surface area contributed by atoms with Crippen molar-refractivity contribution < 1.29 is 22.7 Å². The van der Waals surface area contributed by atoms with Crippen molar-refractivity contribution in [1.29, 1.82) is 5.26 Å². The van der Waals surface area contributed by atoms with Gasteiger partial charge < -0.3 is 9.64 Å². The minimum absolute atomic E-state index is 0.185. The third-order valence-corrected chi connectivity index (χ3v) is 6.59. The van der Waals surface area contributed by atoms with E-state index in [1.165, 1.54) is 6.07 Å². The maximum absolute atomic E-state index is 12.5. The SMILES string of the molecule is CCOC(=O)c1cc(C#N)c(N2CC(C(=O)NS(=O)(=O)Cc3ccc(Cl)cc3)C2)nc1CC. The van der Waals surface area contributed by atoms with E-state index in [2.05, 4.69) is 9.71 Å². The van der Waals surface area contributed by atoms with E-state index in [1.807, 2.05) is 13.0 Å². The molecule has 2 heterocycles. The molecule has 0 atom stereocenters. The predicted molar refractivity (Wildman–Crippen MR) is 122 cm³/mol. The van der Waals surface area contributed by atoms with Gasteiger partial charge in [0.25, 0.3) is 0 Å². The number of anilines is 1. The Morgan fingerprint density at radius 2 is 1.94 bits per heavy atom. The van der Waals surface area contributed by atoms with Gasteiger partial charge in [0.2, 0.25) is 15.9 Å². The van der Waals surface area contributed by atoms with Crippen LogP contribution in [-0.2, 0) is 31.7 Å². The van der Waals surface area contributed by atoms with Crippen LogP contribution in [0.3, 0.4) is 0 Å². The molecule has 1 amide bonds. The average molecular weight is 491 g/mol. The lowest BCUT2D eigenvalue weighted by Gasteiger charge is -2.39. The highest BCUT2D eigenvalue weighted by molar-refractivity contribution is 7.89. The highest BCUT2D eigenvalue weighted by Crippen LogP contribution is 2.28. The number of aromatic nitrogens is 1. The summed E-state index contributed by atoms with van der Waals surface area (Å²) in [6, 6.07) is 9.80. The van der Waals surface area contributed by atoms with Crippen LogP contribution in [0.15, 0.2) is 30.3 Å². The van der Waals surface area contributed by atoms with E-state index in [-0.39, 0.29) is 36.6 Å². The van der Waals surface area contributed by atoms with Gasteiger partial charge in [-0.1, -0.05) is 30.7 Å². The molecular formula is C22H23ClN4O5S. The number of esters is 1. The Kier molecular flexibility index (Phi) is 7.56. The molecule has 1 aromatic heterocycles. The highest BCUT2D eigenvalue weighted by atomic mass is 35.5. The van der Waals surface area contributed by atoms with E-state index in [0.29, 0.717) is 28.5 Å². The Balaban J connectivity index is 1.67. The third-order valence-electron chi connectivity index (χ3n) is 5.11. The first-order valence-electron chi connectivity index (χ1n) is 10.3. The Labute approximate surface area is 197 Å². The third kappa shape index (κ3) is 5.80. The summed E-state index contributed by atoms with van der Waals surface area (Å²) in [5, 5.41) is 10.0. The monoisotopic (exact) mass is 490 g/mol. The van der Waals surface area contributed by atoms with Crippen LogP contribution in [0.25, 0.3) is 0 Å². The second-order valence-corrected chi connectivity index (χ2v) is 9.65. The van der Waals surface area contributed by atoms with E-state index < -0.39 is 27.8 Å². The quantitative estimate of drug-likeness (QED) is 0.558. The number of pyridine rings is 1. The van der Waals surface area contributed by atoms with Gasteiger partial charge in [0, 0.05) is 18.1 Å². The van der Waals surface area contributed by atoms with Gasteiger partial charge in [-0.15, -0.1) is 0 Å². The molecule has 174 valence electrons. The molecule has 2 aromatic rings. The molecule has 0 spiro atoms. The molecule has 0 aliphatic carbocycles. The molecule has 0 radical (unpaired) electrons. The average Bonchev–Trinajstić information content (AvgIpc) is 2.73. The van der Waals surface area contributed by atoms with Gasteiger partial charge in [-0.25, -0.2) is 18.2 Å². The molecule has 1 aliphatic heterocycles. The molecule has 1 N–H and O–H groups in total. The number of hydrogen-bond acceptors (Lipinski definition) is 8. The van der Waals surface area contributed by atoms with Gasteiger partial charge in [0.05, 0.1) is 35.1 Å². The molecule has 1 fully saturated rings. The second kappa shape index (κ2) is 10.2. The lowest BCUT2D eigenvalue weighted by molar-refractivity contribution is -0.123. The van der Waals surface area contributed by atoms with Gasteiger partial charge in [-0.2, -0.15) is 5.26 Å². The van der Waals surface area contributed by atoms with Gasteiger partial charge in [0.1, 0.15) is 11.9 Å². The molecule has 1 saturated heterocycles. The Morgan fingerprint density at radius 1 is 1.27 bits per heavy atom. The molecule has 0 unspecified atom stereocenters. The number of benzene rings is 1. The van der Waals surface area contributed by atoms with Crippen LogP contribution >= 0.6 is 11.6 Å². The topological polar surface area (TPSA) is 129 Å². The first kappa shape index (κ1) is 24.5. The standard InChI is InChI=1S/C22H23ClN4O5S/c1-3-19-18(22(29)32-4-2)9-15(10-24)20(25-19)27-11-16(12-27)21(28)26-33(30,31)13-14-5-7-17(23)8-6-14/h5-9,16H,3-4,11-13H2,1-2H3,(H,26,28). The van der Waals surface area contributed by atoms with Crippen LogP contribution in [0.5, 0.6) is 0 Å². The summed E-state index contributed by atoms with van der Waals surface area (Å²) in [6.07, 6.45) is 0.452. The first-order chi connectivity index (χ1) is 15.7. The van der Waals surface area contributed by atoms with Crippen molar-refractivity contribution in [2.24, 2.45) is 5.92 Å². The molecule has 33 heavy (non-hydrogen) atoms. The van der Waals surface area contributed by atoms with Gasteiger partial charge in [-0.05, 0) is 37.1 Å². The molecule has 0 saturated carbocycles. The minimum atomic E-state index is -3.87. The number of aryl methyl sites for hydroxylation is 1. The molecule has 9 nitrogen and oxygen atoms in total. The number of halogens is 1. The van der Waals surface area contributed by atoms with Crippen LogP contribution in [0.2, 0.25) is 5.02 Å². The predicted octanol–water partition coefficient (Wildman–Crippen LogP) is 2.43. The van der Waals surface area contributed by atoms with Crippen molar-refractivity contribution in [3.05, 3.63) is 57.7 Å². The number of nitrogens with zero attached hydrogens (tertiary/aromatic N) is 3. The van der Waals surface area contributed by atoms with E-state index in [4.69, 9.17) is 16.3 Å². The van der Waals surface area contributed by atoms with Crippen molar-refractivity contribution in [1.82, 2.24) is 9.71 Å². The minimum Gasteiger partial charge on any atom is -0.462 e. The number of carbonyl (C=O) groups is 2. The van der Waals surface area contributed by atoms with Gasteiger partial charge in [0.15, 0.2) is 0 Å². The van der Waals surface area contributed by atoms with E-state index in [0.717, 1.165) is 0 Å². The summed E-state index contributed by atoms with van der Waals surface area (Å²) >= 11 is 5.81. The van der Waals surface area contributed by atoms with Crippen molar-refractivity contribution >= 4 is 39.3 Å². The fraction of sp³-hybridized carbons (Fsp3) is 0.364. The fourth-order valence-electron chi connectivity index (χ4n) is 3.41. The van der Waals surface area contributed by atoms with Crippen LogP contribution in [-0.4, -0.2) is 45.0 Å². The largest absolute Gasteiger partial charge is 0.462 e. The number of ether oxygens (including phenoxy) is 1. The lowest BCUT2D eigenvalue weighted by Crippen LogP contribution is -2.55. The van der Waals surface area contributed by atoms with Gasteiger partial charge in [-0.3, -0.25) is 9.52 Å². The van der Waals surface area contributed by atoms with Crippen LogP contribution in [0, 0.1) is 17.2 Å². The van der Waals surface area contributed by atoms with Crippen molar-refractivity contribution in [2.75, 3.05) is 24.6 Å². The number of rotatable bonds is 8. The summed E-state index contributed by atoms with van der Waals surface area (Å²) in [7, 11) is -3.87. The zero-order valence-electron chi connectivity index (χ0n) is 18.2. The normalized spacial score (nSPS) is 13.7. The van der Waals surface area contributed by atoms with E-state index in [9.17, 15) is 23.3 Å². The second-order valence-electron chi connectivity index (χ2n) is 7.49. The number of carbonyl (C=O) groups excluding carboxylic acids is 2. The fourth-order valence-corrected chi connectivity index (χ4v) is 4.71. The maximum Gasteiger partial charge on any atom is 0.340 e. The number of sulfonamides is 1. The number of nitrogens with one attached hydrogen (secondary N) is 1. The van der Waals surface area contributed by atoms with Crippen LogP contribution in [0.4, 0.5) is 5.82 Å². The summed E-state index contributed by atoms with van der Waals surface area (Å²) in [5.74, 6) is -1.72. The number of hydrogen-bond donors (Lipinski definition) is 1. The smallest absolute Gasteiger partial charge is 0.340 e. The molecule has 11 heteroatoms. The Bertz CT molecular complexity index is 1200. The number of nitriles is 1. The summed E-state index contributed by atoms with van der Waals surface area (Å²) in [6.45, 7) is 4.13. The Hall–Kier alpha value is -3.16. The maximum atomic E-state index is 12.5. The molecule has 1 aromatic carbocycles. The zero-order valence-corrected chi connectivity index (χ0v) is 19.7. The first-order valence-corrected chi connectivity index (χ1v) is 12.3. The molecular weight excluding hydrogens is 468 g/mol. The highest BCUT2D eigenvalue weighted by Gasteiger charge is 2.37. The van der Waals surface area contributed by atoms with Gasteiger partial charge >= 0.3 is 5.97 Å². The van der Waals surface area contributed by atoms with E-state index in [1.54, 1.807) is 36.1 Å². The zero-order chi connectivity index (χ0) is 24.2. The molecule has 3 rings (SSSR count). The van der Waals surface area contributed by atoms with E-state index >= 15 is 0 Å². The summed E-state index contributed by atoms with van der Waals surface area (Å²) in [5.41, 5.74) is 1.42. The molecule has 0 bridgehead atoms. The van der Waals surface area contributed by atoms with Crippen LogP contribution in [0.1, 0.15) is 41.0 Å².